The van der Waals surface area contributed by atoms with Gasteiger partial charge < -0.3 is 5.73 Å². The smallest absolute Gasteiger partial charge is 0.0412 e. The minimum atomic E-state index is 0.0772. The van der Waals surface area contributed by atoms with E-state index in [0.29, 0.717) is 0 Å². The summed E-state index contributed by atoms with van der Waals surface area (Å²) in [6.45, 7) is 1.98. The summed E-state index contributed by atoms with van der Waals surface area (Å²) >= 11 is 5.96. The van der Waals surface area contributed by atoms with E-state index < -0.39 is 0 Å². The molecule has 0 aromatic heterocycles. The zero-order valence-electron chi connectivity index (χ0n) is 9.15. The summed E-state index contributed by atoms with van der Waals surface area (Å²) in [5.41, 5.74) is 9.24. The Hall–Kier alpha value is -1.31. The van der Waals surface area contributed by atoms with E-state index >= 15 is 0 Å². The fraction of sp³-hybridized carbons (Fsp3) is 0.143. The van der Waals surface area contributed by atoms with Gasteiger partial charge in [-0.25, -0.2) is 0 Å². The lowest BCUT2D eigenvalue weighted by Crippen LogP contribution is -2.04. The highest BCUT2D eigenvalue weighted by molar-refractivity contribution is 6.30. The molecule has 0 unspecified atom stereocenters. The van der Waals surface area contributed by atoms with Crippen molar-refractivity contribution in [3.8, 4) is 11.1 Å². The fourth-order valence-corrected chi connectivity index (χ4v) is 1.84. The molecule has 82 valence electrons. The topological polar surface area (TPSA) is 26.0 Å². The molecule has 0 heterocycles. The van der Waals surface area contributed by atoms with E-state index in [9.17, 15) is 0 Å². The van der Waals surface area contributed by atoms with Gasteiger partial charge in [0.2, 0.25) is 0 Å². The summed E-state index contributed by atoms with van der Waals surface area (Å²) in [7, 11) is 0. The molecule has 0 saturated carbocycles. The second-order valence-corrected chi connectivity index (χ2v) is 4.36. The second-order valence-electron chi connectivity index (χ2n) is 3.92. The van der Waals surface area contributed by atoms with Crippen LogP contribution in [0.5, 0.6) is 0 Å². The van der Waals surface area contributed by atoms with Gasteiger partial charge in [-0.1, -0.05) is 48.0 Å². The second kappa shape index (κ2) is 4.69. The number of halogens is 1. The lowest BCUT2D eigenvalue weighted by atomic mass is 10.0. The van der Waals surface area contributed by atoms with Crippen molar-refractivity contribution in [3.05, 3.63) is 59.1 Å². The molecule has 2 aromatic carbocycles. The molecule has 0 aliphatic heterocycles. The molecule has 1 nitrogen and oxygen atoms in total. The molecule has 2 N–H and O–H groups in total. The maximum Gasteiger partial charge on any atom is 0.0412 e. The van der Waals surface area contributed by atoms with Crippen LogP contribution in [0.1, 0.15) is 18.5 Å². The summed E-state index contributed by atoms with van der Waals surface area (Å²) in [6, 6.07) is 16.2. The summed E-state index contributed by atoms with van der Waals surface area (Å²) in [4.78, 5) is 0. The van der Waals surface area contributed by atoms with E-state index in [1.54, 1.807) is 0 Å². The first-order valence-electron chi connectivity index (χ1n) is 5.28. The first kappa shape index (κ1) is 11.2. The van der Waals surface area contributed by atoms with Crippen molar-refractivity contribution < 1.29 is 0 Å². The van der Waals surface area contributed by atoms with Gasteiger partial charge in [-0.05, 0) is 35.7 Å². The predicted molar refractivity (Wildman–Crippen MR) is 69.5 cm³/mol. The van der Waals surface area contributed by atoms with Crippen LogP contribution in [-0.2, 0) is 0 Å². The zero-order chi connectivity index (χ0) is 11.5. The van der Waals surface area contributed by atoms with E-state index in [1.807, 2.05) is 31.2 Å². The normalized spacial score (nSPS) is 12.4. The standard InChI is InChI=1S/C14H14ClN/c1-10(16)11-5-7-12(8-6-11)13-3-2-4-14(15)9-13/h2-10H,16H2,1H3/t10-/m1/s1. The van der Waals surface area contributed by atoms with E-state index in [4.69, 9.17) is 17.3 Å². The third-order valence-electron chi connectivity index (χ3n) is 2.59. The van der Waals surface area contributed by atoms with Crippen LogP contribution >= 0.6 is 11.6 Å². The van der Waals surface area contributed by atoms with Crippen LogP contribution in [0.3, 0.4) is 0 Å². The van der Waals surface area contributed by atoms with E-state index in [2.05, 4.69) is 24.3 Å². The Labute approximate surface area is 101 Å². The lowest BCUT2D eigenvalue weighted by Gasteiger charge is -2.07. The molecule has 0 amide bonds. The number of hydrogen-bond donors (Lipinski definition) is 1. The highest BCUT2D eigenvalue weighted by atomic mass is 35.5. The summed E-state index contributed by atoms with van der Waals surface area (Å²) < 4.78 is 0. The van der Waals surface area contributed by atoms with Crippen molar-refractivity contribution in [1.82, 2.24) is 0 Å². The Kier molecular flexibility index (Phi) is 3.28. The van der Waals surface area contributed by atoms with Crippen molar-refractivity contribution in [2.24, 2.45) is 5.73 Å². The number of benzene rings is 2. The van der Waals surface area contributed by atoms with Gasteiger partial charge in [-0.15, -0.1) is 0 Å². The molecule has 2 heteroatoms. The quantitative estimate of drug-likeness (QED) is 0.830. The van der Waals surface area contributed by atoms with E-state index in [-0.39, 0.29) is 6.04 Å². The van der Waals surface area contributed by atoms with Crippen LogP contribution in [0.25, 0.3) is 11.1 Å². The van der Waals surface area contributed by atoms with Crippen LogP contribution in [0.15, 0.2) is 48.5 Å². The minimum Gasteiger partial charge on any atom is -0.324 e. The molecular weight excluding hydrogens is 218 g/mol. The lowest BCUT2D eigenvalue weighted by molar-refractivity contribution is 0.818. The maximum absolute atomic E-state index is 5.96. The number of rotatable bonds is 2. The van der Waals surface area contributed by atoms with Crippen molar-refractivity contribution in [3.63, 3.8) is 0 Å². The first-order valence-corrected chi connectivity index (χ1v) is 5.66. The summed E-state index contributed by atoms with van der Waals surface area (Å²) in [5.74, 6) is 0. The van der Waals surface area contributed by atoms with Crippen LogP contribution in [0.4, 0.5) is 0 Å². The Morgan fingerprint density at radius 1 is 1.00 bits per heavy atom. The van der Waals surface area contributed by atoms with Gasteiger partial charge in [-0.2, -0.15) is 0 Å². The average molecular weight is 232 g/mol. The predicted octanol–water partition coefficient (Wildman–Crippen LogP) is 4.03. The monoisotopic (exact) mass is 231 g/mol. The molecule has 0 aliphatic rings. The highest BCUT2D eigenvalue weighted by Crippen LogP contribution is 2.23. The molecule has 0 spiro atoms. The van der Waals surface area contributed by atoms with Crippen LogP contribution < -0.4 is 5.73 Å². The van der Waals surface area contributed by atoms with Crippen molar-refractivity contribution in [2.45, 2.75) is 13.0 Å². The summed E-state index contributed by atoms with van der Waals surface area (Å²) in [5, 5.41) is 0.758. The Morgan fingerprint density at radius 2 is 1.69 bits per heavy atom. The number of hydrogen-bond acceptors (Lipinski definition) is 1. The molecule has 0 aliphatic carbocycles. The van der Waals surface area contributed by atoms with Crippen molar-refractivity contribution in [1.29, 1.82) is 0 Å². The number of nitrogens with two attached hydrogens (primary N) is 1. The van der Waals surface area contributed by atoms with Gasteiger partial charge in [0.25, 0.3) is 0 Å². The molecule has 0 saturated heterocycles. The van der Waals surface area contributed by atoms with Gasteiger partial charge in [0, 0.05) is 11.1 Å². The molecule has 0 radical (unpaired) electrons. The van der Waals surface area contributed by atoms with Gasteiger partial charge >= 0.3 is 0 Å². The molecule has 2 aromatic rings. The minimum absolute atomic E-state index is 0.0772. The van der Waals surface area contributed by atoms with Crippen molar-refractivity contribution in [2.75, 3.05) is 0 Å². The van der Waals surface area contributed by atoms with Crippen LogP contribution in [0, 0.1) is 0 Å². The Bertz CT molecular complexity index is 474. The van der Waals surface area contributed by atoms with Crippen molar-refractivity contribution >= 4 is 11.6 Å². The third-order valence-corrected chi connectivity index (χ3v) is 2.83. The molecule has 16 heavy (non-hydrogen) atoms. The van der Waals surface area contributed by atoms with Gasteiger partial charge in [-0.3, -0.25) is 0 Å². The van der Waals surface area contributed by atoms with Gasteiger partial charge in [0.05, 0.1) is 0 Å². The highest BCUT2D eigenvalue weighted by Gasteiger charge is 2.01. The molecular formula is C14H14ClN. The summed E-state index contributed by atoms with van der Waals surface area (Å²) in [6.07, 6.45) is 0. The van der Waals surface area contributed by atoms with E-state index in [0.717, 1.165) is 21.7 Å². The van der Waals surface area contributed by atoms with Crippen LogP contribution in [-0.4, -0.2) is 0 Å². The third kappa shape index (κ3) is 2.43. The fourth-order valence-electron chi connectivity index (χ4n) is 1.65. The largest absolute Gasteiger partial charge is 0.324 e. The molecule has 0 bridgehead atoms. The average Bonchev–Trinajstić information content (AvgIpc) is 2.29. The zero-order valence-corrected chi connectivity index (χ0v) is 9.91. The first-order chi connectivity index (χ1) is 7.66. The van der Waals surface area contributed by atoms with Gasteiger partial charge in [0.15, 0.2) is 0 Å². The molecule has 2 rings (SSSR count). The molecule has 1 atom stereocenters. The SMILES string of the molecule is C[C@@H](N)c1ccc(-c2cccc(Cl)c2)cc1. The van der Waals surface area contributed by atoms with Gasteiger partial charge in [0.1, 0.15) is 0 Å². The Morgan fingerprint density at radius 3 is 2.25 bits per heavy atom. The Balaban J connectivity index is 2.35. The maximum atomic E-state index is 5.96. The van der Waals surface area contributed by atoms with E-state index in [1.165, 1.54) is 0 Å². The van der Waals surface area contributed by atoms with Crippen LogP contribution in [0.2, 0.25) is 5.02 Å². The molecule has 0 fully saturated rings.